The molecule has 7 nitrogen and oxygen atoms in total. The van der Waals surface area contributed by atoms with Crippen molar-refractivity contribution in [2.24, 2.45) is 5.84 Å². The SMILES string of the molecule is NNc1nccc(-n2nnc3ccccc32)n1. The molecule has 2 heterocycles. The van der Waals surface area contributed by atoms with Gasteiger partial charge in [-0.15, -0.1) is 5.10 Å². The summed E-state index contributed by atoms with van der Waals surface area (Å²) >= 11 is 0. The van der Waals surface area contributed by atoms with Gasteiger partial charge in [0.15, 0.2) is 5.82 Å². The molecule has 0 amide bonds. The zero-order valence-corrected chi connectivity index (χ0v) is 8.78. The number of nitrogen functional groups attached to an aromatic ring is 1. The van der Waals surface area contributed by atoms with Crippen molar-refractivity contribution in [1.29, 1.82) is 0 Å². The summed E-state index contributed by atoms with van der Waals surface area (Å²) in [5, 5.41) is 8.10. The number of nitrogens with two attached hydrogens (primary N) is 1. The lowest BCUT2D eigenvalue weighted by Crippen LogP contribution is -2.12. The lowest BCUT2D eigenvalue weighted by atomic mass is 10.3. The smallest absolute Gasteiger partial charge is 0.239 e. The van der Waals surface area contributed by atoms with E-state index in [4.69, 9.17) is 5.84 Å². The van der Waals surface area contributed by atoms with Crippen LogP contribution in [-0.4, -0.2) is 25.0 Å². The predicted octanol–water partition coefficient (Wildman–Crippen LogP) is 0.496. The summed E-state index contributed by atoms with van der Waals surface area (Å²) in [5.74, 6) is 6.21. The van der Waals surface area contributed by atoms with Gasteiger partial charge in [0.2, 0.25) is 5.95 Å². The molecule has 3 aromatic rings. The van der Waals surface area contributed by atoms with E-state index in [0.717, 1.165) is 11.0 Å². The molecule has 0 saturated heterocycles. The van der Waals surface area contributed by atoms with Crippen molar-refractivity contribution < 1.29 is 0 Å². The molecule has 0 aliphatic carbocycles. The normalized spacial score (nSPS) is 10.6. The van der Waals surface area contributed by atoms with Gasteiger partial charge in [-0.2, -0.15) is 9.67 Å². The van der Waals surface area contributed by atoms with E-state index >= 15 is 0 Å². The van der Waals surface area contributed by atoms with Gasteiger partial charge in [0, 0.05) is 12.3 Å². The molecule has 84 valence electrons. The minimum Gasteiger partial charge on any atom is -0.292 e. The van der Waals surface area contributed by atoms with Crippen LogP contribution in [0.4, 0.5) is 5.95 Å². The Labute approximate surface area is 96.3 Å². The van der Waals surface area contributed by atoms with Gasteiger partial charge < -0.3 is 0 Å². The minimum atomic E-state index is 0.335. The molecule has 0 atom stereocenters. The molecule has 0 saturated carbocycles. The zero-order valence-electron chi connectivity index (χ0n) is 8.78. The summed E-state index contributed by atoms with van der Waals surface area (Å²) in [6, 6.07) is 9.39. The van der Waals surface area contributed by atoms with E-state index in [1.54, 1.807) is 16.9 Å². The van der Waals surface area contributed by atoms with Crippen LogP contribution < -0.4 is 11.3 Å². The first-order chi connectivity index (χ1) is 8.38. The molecule has 1 aromatic carbocycles. The Morgan fingerprint density at radius 1 is 1.18 bits per heavy atom. The summed E-state index contributed by atoms with van der Waals surface area (Å²) in [6.07, 6.45) is 1.61. The van der Waals surface area contributed by atoms with Gasteiger partial charge in [0.25, 0.3) is 0 Å². The van der Waals surface area contributed by atoms with Crippen molar-refractivity contribution in [2.45, 2.75) is 0 Å². The van der Waals surface area contributed by atoms with E-state index in [9.17, 15) is 0 Å². The van der Waals surface area contributed by atoms with E-state index < -0.39 is 0 Å². The fourth-order valence-electron chi connectivity index (χ4n) is 1.57. The number of hydrazine groups is 1. The standard InChI is InChI=1S/C10H9N7/c11-14-10-12-6-5-9(13-10)17-8-4-2-1-3-7(8)15-16-17/h1-6H,11H2,(H,12,13,14). The molecule has 0 radical (unpaired) electrons. The van der Waals surface area contributed by atoms with Crippen LogP contribution in [0.25, 0.3) is 16.9 Å². The number of fused-ring (bicyclic) bond motifs is 1. The summed E-state index contributed by atoms with van der Waals surface area (Å²) in [5.41, 5.74) is 4.09. The largest absolute Gasteiger partial charge is 0.292 e. The van der Waals surface area contributed by atoms with Gasteiger partial charge in [-0.1, -0.05) is 17.3 Å². The number of anilines is 1. The van der Waals surface area contributed by atoms with E-state index in [1.165, 1.54) is 0 Å². The molecule has 0 spiro atoms. The highest BCUT2D eigenvalue weighted by atomic mass is 15.5. The summed E-state index contributed by atoms with van der Waals surface area (Å²) < 4.78 is 1.64. The lowest BCUT2D eigenvalue weighted by Gasteiger charge is -2.02. The van der Waals surface area contributed by atoms with E-state index in [-0.39, 0.29) is 0 Å². The maximum absolute atomic E-state index is 5.26. The quantitative estimate of drug-likeness (QED) is 0.489. The molecule has 17 heavy (non-hydrogen) atoms. The van der Waals surface area contributed by atoms with Crippen molar-refractivity contribution in [1.82, 2.24) is 25.0 Å². The fraction of sp³-hybridized carbons (Fsp3) is 0. The maximum atomic E-state index is 5.26. The Hall–Kier alpha value is -2.54. The number of rotatable bonds is 2. The Bertz CT molecular complexity index is 660. The second-order valence-electron chi connectivity index (χ2n) is 3.37. The summed E-state index contributed by atoms with van der Waals surface area (Å²) in [4.78, 5) is 8.14. The Morgan fingerprint density at radius 2 is 2.06 bits per heavy atom. The molecular weight excluding hydrogens is 218 g/mol. The Balaban J connectivity index is 2.20. The summed E-state index contributed by atoms with van der Waals surface area (Å²) in [6.45, 7) is 0. The fourth-order valence-corrected chi connectivity index (χ4v) is 1.57. The highest BCUT2D eigenvalue weighted by Gasteiger charge is 2.07. The van der Waals surface area contributed by atoms with Gasteiger partial charge >= 0.3 is 0 Å². The number of aromatic nitrogens is 5. The van der Waals surface area contributed by atoms with Crippen LogP contribution >= 0.6 is 0 Å². The van der Waals surface area contributed by atoms with Crippen molar-refractivity contribution in [3.8, 4) is 5.82 Å². The topological polar surface area (TPSA) is 94.5 Å². The van der Waals surface area contributed by atoms with E-state index in [2.05, 4.69) is 25.7 Å². The van der Waals surface area contributed by atoms with Crippen molar-refractivity contribution >= 4 is 17.0 Å². The molecule has 2 aromatic heterocycles. The second kappa shape index (κ2) is 3.80. The molecule has 0 bridgehead atoms. The third-order valence-corrected chi connectivity index (χ3v) is 2.34. The second-order valence-corrected chi connectivity index (χ2v) is 3.37. The first-order valence-electron chi connectivity index (χ1n) is 4.99. The first kappa shape index (κ1) is 9.67. The molecule has 0 aliphatic heterocycles. The van der Waals surface area contributed by atoms with Gasteiger partial charge in [-0.05, 0) is 12.1 Å². The van der Waals surface area contributed by atoms with E-state index in [0.29, 0.717) is 11.8 Å². The molecule has 7 heteroatoms. The third-order valence-electron chi connectivity index (χ3n) is 2.34. The Kier molecular flexibility index (Phi) is 2.16. The lowest BCUT2D eigenvalue weighted by molar-refractivity contribution is 0.797. The highest BCUT2D eigenvalue weighted by molar-refractivity contribution is 5.75. The van der Waals surface area contributed by atoms with Crippen LogP contribution in [0.15, 0.2) is 36.5 Å². The third kappa shape index (κ3) is 1.58. The molecule has 0 aliphatic rings. The monoisotopic (exact) mass is 227 g/mol. The van der Waals surface area contributed by atoms with Crippen LogP contribution in [0.1, 0.15) is 0 Å². The number of nitrogens with zero attached hydrogens (tertiary/aromatic N) is 5. The van der Waals surface area contributed by atoms with Crippen LogP contribution in [0.5, 0.6) is 0 Å². The molecule has 0 unspecified atom stereocenters. The minimum absolute atomic E-state index is 0.335. The average molecular weight is 227 g/mol. The molecule has 0 fully saturated rings. The number of benzene rings is 1. The zero-order chi connectivity index (χ0) is 11.7. The van der Waals surface area contributed by atoms with Gasteiger partial charge in [-0.3, -0.25) is 5.43 Å². The van der Waals surface area contributed by atoms with Gasteiger partial charge in [0.1, 0.15) is 5.52 Å². The van der Waals surface area contributed by atoms with Crippen LogP contribution in [0.3, 0.4) is 0 Å². The van der Waals surface area contributed by atoms with Crippen LogP contribution in [0, 0.1) is 0 Å². The summed E-state index contributed by atoms with van der Waals surface area (Å²) in [7, 11) is 0. The van der Waals surface area contributed by atoms with Crippen molar-refractivity contribution in [3.63, 3.8) is 0 Å². The highest BCUT2D eigenvalue weighted by Crippen LogP contribution is 2.14. The van der Waals surface area contributed by atoms with Crippen molar-refractivity contribution in [2.75, 3.05) is 5.43 Å². The number of para-hydroxylation sites is 1. The first-order valence-corrected chi connectivity index (χ1v) is 4.99. The Morgan fingerprint density at radius 3 is 2.94 bits per heavy atom. The van der Waals surface area contributed by atoms with E-state index in [1.807, 2.05) is 24.3 Å². The predicted molar refractivity (Wildman–Crippen MR) is 62.3 cm³/mol. The van der Waals surface area contributed by atoms with Gasteiger partial charge in [0.05, 0.1) is 5.52 Å². The van der Waals surface area contributed by atoms with Gasteiger partial charge in [-0.25, -0.2) is 10.8 Å². The van der Waals surface area contributed by atoms with Crippen molar-refractivity contribution in [3.05, 3.63) is 36.5 Å². The maximum Gasteiger partial charge on any atom is 0.239 e. The molecule has 3 rings (SSSR count). The number of hydrogen-bond acceptors (Lipinski definition) is 6. The van der Waals surface area contributed by atoms with Crippen LogP contribution in [0.2, 0.25) is 0 Å². The van der Waals surface area contributed by atoms with Crippen LogP contribution in [-0.2, 0) is 0 Å². The average Bonchev–Trinajstić information content (AvgIpc) is 2.82. The number of hydrogen-bond donors (Lipinski definition) is 2. The molecular formula is C10H9N7. The molecule has 3 N–H and O–H groups in total. The number of nitrogens with one attached hydrogen (secondary N) is 1.